The molecule has 0 atom stereocenters. The van der Waals surface area contributed by atoms with Gasteiger partial charge in [0.1, 0.15) is 5.54 Å². The second-order valence-corrected chi connectivity index (χ2v) is 6.64. The number of para-hydroxylation sites is 1. The fourth-order valence-electron chi connectivity index (χ4n) is 3.51. The number of carbonyl (C=O) groups excluding carboxylic acids is 3. The van der Waals surface area contributed by atoms with Gasteiger partial charge in [-0.3, -0.25) is 14.5 Å². The third kappa shape index (κ3) is 3.13. The molecule has 1 aromatic rings. The summed E-state index contributed by atoms with van der Waals surface area (Å²) in [6.07, 6.45) is 4.50. The van der Waals surface area contributed by atoms with Gasteiger partial charge in [0.25, 0.3) is 5.91 Å². The summed E-state index contributed by atoms with van der Waals surface area (Å²) in [5.74, 6) is -0.370. The van der Waals surface area contributed by atoms with Crippen LogP contribution < -0.4 is 10.6 Å². The standard InChI is InChI=1S/C18H23N3O3/c1-13-7-3-4-8-14(13)19-15(22)9-12-21-16(23)18(20-17(21)24)10-5-2-6-11-18/h3-4,7-8H,2,5-6,9-12H2,1H3,(H,19,22)(H,20,24). The number of aryl methyl sites for hydroxylation is 1. The average Bonchev–Trinajstić information content (AvgIpc) is 2.79. The first kappa shape index (κ1) is 16.5. The Balaban J connectivity index is 1.58. The van der Waals surface area contributed by atoms with Gasteiger partial charge in [-0.2, -0.15) is 0 Å². The molecule has 1 saturated heterocycles. The van der Waals surface area contributed by atoms with Gasteiger partial charge in [-0.05, 0) is 31.4 Å². The number of benzene rings is 1. The molecule has 6 heteroatoms. The second-order valence-electron chi connectivity index (χ2n) is 6.64. The normalized spacial score (nSPS) is 19.5. The molecule has 0 bridgehead atoms. The van der Waals surface area contributed by atoms with E-state index < -0.39 is 5.54 Å². The van der Waals surface area contributed by atoms with E-state index in [4.69, 9.17) is 0 Å². The van der Waals surface area contributed by atoms with Crippen LogP contribution in [0.4, 0.5) is 10.5 Å². The van der Waals surface area contributed by atoms with E-state index in [0.29, 0.717) is 12.8 Å². The second kappa shape index (κ2) is 6.63. The zero-order valence-corrected chi connectivity index (χ0v) is 13.9. The van der Waals surface area contributed by atoms with Crippen molar-refractivity contribution < 1.29 is 14.4 Å². The van der Waals surface area contributed by atoms with Crippen LogP contribution in [0, 0.1) is 6.92 Å². The molecule has 1 spiro atoms. The molecule has 6 nitrogen and oxygen atoms in total. The van der Waals surface area contributed by atoms with Crippen LogP contribution in [0.5, 0.6) is 0 Å². The van der Waals surface area contributed by atoms with Gasteiger partial charge in [0.2, 0.25) is 5.91 Å². The predicted molar refractivity (Wildman–Crippen MR) is 90.5 cm³/mol. The summed E-state index contributed by atoms with van der Waals surface area (Å²) in [6.45, 7) is 2.03. The Morgan fingerprint density at radius 1 is 1.21 bits per heavy atom. The lowest BCUT2D eigenvalue weighted by molar-refractivity contribution is -0.132. The topological polar surface area (TPSA) is 78.5 Å². The molecule has 1 aromatic carbocycles. The van der Waals surface area contributed by atoms with Crippen molar-refractivity contribution in [2.45, 2.75) is 51.0 Å². The van der Waals surface area contributed by atoms with E-state index >= 15 is 0 Å². The largest absolute Gasteiger partial charge is 0.326 e. The molecule has 2 fully saturated rings. The maximum absolute atomic E-state index is 12.6. The first-order valence-corrected chi connectivity index (χ1v) is 8.51. The highest BCUT2D eigenvalue weighted by Gasteiger charge is 2.50. The van der Waals surface area contributed by atoms with Crippen LogP contribution in [0.1, 0.15) is 44.1 Å². The highest BCUT2D eigenvalue weighted by molar-refractivity contribution is 6.07. The number of anilines is 1. The van der Waals surface area contributed by atoms with Gasteiger partial charge in [0, 0.05) is 18.7 Å². The van der Waals surface area contributed by atoms with E-state index in [9.17, 15) is 14.4 Å². The minimum atomic E-state index is -0.720. The molecule has 1 aliphatic heterocycles. The molecule has 1 heterocycles. The summed E-state index contributed by atoms with van der Waals surface area (Å²) in [5, 5.41) is 5.68. The quantitative estimate of drug-likeness (QED) is 0.833. The highest BCUT2D eigenvalue weighted by atomic mass is 16.2. The summed E-state index contributed by atoms with van der Waals surface area (Å²) in [5.41, 5.74) is 1.01. The lowest BCUT2D eigenvalue weighted by Gasteiger charge is -2.30. The number of hydrogen-bond donors (Lipinski definition) is 2. The van der Waals surface area contributed by atoms with Crippen molar-refractivity contribution in [2.24, 2.45) is 0 Å². The number of carbonyl (C=O) groups is 3. The van der Waals surface area contributed by atoms with E-state index in [1.54, 1.807) is 0 Å². The van der Waals surface area contributed by atoms with Crippen LogP contribution in [0.15, 0.2) is 24.3 Å². The molecular weight excluding hydrogens is 306 g/mol. The molecule has 4 amide bonds. The average molecular weight is 329 g/mol. The summed E-state index contributed by atoms with van der Waals surface area (Å²) in [6, 6.07) is 7.14. The molecule has 0 aromatic heterocycles. The highest BCUT2D eigenvalue weighted by Crippen LogP contribution is 2.33. The van der Waals surface area contributed by atoms with Crippen LogP contribution >= 0.6 is 0 Å². The van der Waals surface area contributed by atoms with E-state index in [0.717, 1.165) is 30.5 Å². The maximum atomic E-state index is 12.6. The molecule has 24 heavy (non-hydrogen) atoms. The molecule has 3 rings (SSSR count). The zero-order valence-electron chi connectivity index (χ0n) is 13.9. The Morgan fingerprint density at radius 2 is 1.92 bits per heavy atom. The third-order valence-electron chi connectivity index (χ3n) is 4.93. The maximum Gasteiger partial charge on any atom is 0.325 e. The fourth-order valence-corrected chi connectivity index (χ4v) is 3.51. The van der Waals surface area contributed by atoms with Gasteiger partial charge in [0.15, 0.2) is 0 Å². The van der Waals surface area contributed by atoms with Crippen molar-refractivity contribution in [3.05, 3.63) is 29.8 Å². The summed E-state index contributed by atoms with van der Waals surface area (Å²) in [4.78, 5) is 38.1. The van der Waals surface area contributed by atoms with Crippen molar-refractivity contribution in [2.75, 3.05) is 11.9 Å². The number of nitrogens with zero attached hydrogens (tertiary/aromatic N) is 1. The van der Waals surface area contributed by atoms with E-state index in [-0.39, 0.29) is 30.8 Å². The van der Waals surface area contributed by atoms with Crippen LogP contribution in [0.2, 0.25) is 0 Å². The molecule has 1 aliphatic carbocycles. The van der Waals surface area contributed by atoms with E-state index in [2.05, 4.69) is 10.6 Å². The van der Waals surface area contributed by atoms with E-state index in [1.165, 1.54) is 4.90 Å². The Morgan fingerprint density at radius 3 is 2.62 bits per heavy atom. The molecule has 0 radical (unpaired) electrons. The van der Waals surface area contributed by atoms with Gasteiger partial charge in [-0.15, -0.1) is 0 Å². The Bertz CT molecular complexity index is 665. The summed E-state index contributed by atoms with van der Waals surface area (Å²) >= 11 is 0. The first-order chi connectivity index (χ1) is 11.5. The third-order valence-corrected chi connectivity index (χ3v) is 4.93. The fraction of sp³-hybridized carbons (Fsp3) is 0.500. The number of rotatable bonds is 4. The number of urea groups is 1. The van der Waals surface area contributed by atoms with Crippen LogP contribution in [-0.4, -0.2) is 34.8 Å². The smallest absolute Gasteiger partial charge is 0.325 e. The Labute approximate surface area is 141 Å². The molecule has 2 aliphatic rings. The molecule has 2 N–H and O–H groups in total. The molecule has 0 unspecified atom stereocenters. The Hall–Kier alpha value is -2.37. The Kier molecular flexibility index (Phi) is 4.55. The molecular formula is C18H23N3O3. The number of amides is 4. The van der Waals surface area contributed by atoms with Gasteiger partial charge in [-0.1, -0.05) is 37.5 Å². The number of nitrogens with one attached hydrogen (secondary N) is 2. The van der Waals surface area contributed by atoms with Crippen molar-refractivity contribution in [1.82, 2.24) is 10.2 Å². The van der Waals surface area contributed by atoms with Crippen molar-refractivity contribution in [3.63, 3.8) is 0 Å². The number of imide groups is 1. The monoisotopic (exact) mass is 329 g/mol. The van der Waals surface area contributed by atoms with Crippen molar-refractivity contribution >= 4 is 23.5 Å². The summed E-state index contributed by atoms with van der Waals surface area (Å²) < 4.78 is 0. The van der Waals surface area contributed by atoms with Crippen molar-refractivity contribution in [3.8, 4) is 0 Å². The zero-order chi connectivity index (χ0) is 17.2. The first-order valence-electron chi connectivity index (χ1n) is 8.51. The van der Waals surface area contributed by atoms with Crippen LogP contribution in [-0.2, 0) is 9.59 Å². The van der Waals surface area contributed by atoms with Gasteiger partial charge in [0.05, 0.1) is 0 Å². The van der Waals surface area contributed by atoms with Gasteiger partial charge < -0.3 is 10.6 Å². The lowest BCUT2D eigenvalue weighted by Crippen LogP contribution is -2.48. The predicted octanol–water partition coefficient (Wildman–Crippen LogP) is 2.58. The van der Waals surface area contributed by atoms with Crippen LogP contribution in [0.3, 0.4) is 0 Å². The number of hydrogen-bond acceptors (Lipinski definition) is 3. The van der Waals surface area contributed by atoms with E-state index in [1.807, 2.05) is 31.2 Å². The molecule has 128 valence electrons. The molecule has 1 saturated carbocycles. The summed E-state index contributed by atoms with van der Waals surface area (Å²) in [7, 11) is 0. The SMILES string of the molecule is Cc1ccccc1NC(=O)CCN1C(=O)NC2(CCCCC2)C1=O. The van der Waals surface area contributed by atoms with Crippen LogP contribution in [0.25, 0.3) is 0 Å². The van der Waals surface area contributed by atoms with Gasteiger partial charge >= 0.3 is 6.03 Å². The minimum Gasteiger partial charge on any atom is -0.326 e. The van der Waals surface area contributed by atoms with Crippen molar-refractivity contribution in [1.29, 1.82) is 0 Å². The van der Waals surface area contributed by atoms with Gasteiger partial charge in [-0.25, -0.2) is 4.79 Å². The minimum absolute atomic E-state index is 0.101. The lowest BCUT2D eigenvalue weighted by atomic mass is 9.82.